The second-order valence-electron chi connectivity index (χ2n) is 4.62. The predicted octanol–water partition coefficient (Wildman–Crippen LogP) is 2.60. The third kappa shape index (κ3) is 2.47. The molecule has 0 radical (unpaired) electrons. The lowest BCUT2D eigenvalue weighted by atomic mass is 10.2. The average molecular weight is 302 g/mol. The molecule has 0 saturated heterocycles. The summed E-state index contributed by atoms with van der Waals surface area (Å²) in [6.07, 6.45) is 1.62. The molecular formula is C14H14N4O2S. The first-order chi connectivity index (χ1) is 10.1. The molecular weight excluding hydrogens is 288 g/mol. The van der Waals surface area contributed by atoms with Gasteiger partial charge in [-0.15, -0.1) is 5.10 Å². The van der Waals surface area contributed by atoms with Crippen molar-refractivity contribution in [2.24, 2.45) is 7.05 Å². The Morgan fingerprint density at radius 1 is 1.43 bits per heavy atom. The Balaban J connectivity index is 1.91. The Labute approximate surface area is 125 Å². The van der Waals surface area contributed by atoms with Gasteiger partial charge in [-0.2, -0.15) is 0 Å². The molecule has 21 heavy (non-hydrogen) atoms. The summed E-state index contributed by atoms with van der Waals surface area (Å²) in [5.74, 6) is 0.0175. The van der Waals surface area contributed by atoms with Gasteiger partial charge in [0.25, 0.3) is 5.91 Å². The van der Waals surface area contributed by atoms with Crippen molar-refractivity contribution < 1.29 is 9.53 Å². The molecule has 6 nitrogen and oxygen atoms in total. The predicted molar refractivity (Wildman–Crippen MR) is 82.1 cm³/mol. The summed E-state index contributed by atoms with van der Waals surface area (Å²) in [7, 11) is 3.22. The van der Waals surface area contributed by atoms with Crippen molar-refractivity contribution in [3.63, 3.8) is 0 Å². The minimum atomic E-state index is -0.281. The highest BCUT2D eigenvalue weighted by Crippen LogP contribution is 2.28. The van der Waals surface area contributed by atoms with E-state index in [0.29, 0.717) is 16.6 Å². The molecule has 0 bridgehead atoms. The molecule has 0 saturated carbocycles. The summed E-state index contributed by atoms with van der Waals surface area (Å²) in [6, 6.07) is 5.96. The summed E-state index contributed by atoms with van der Waals surface area (Å²) >= 11 is 1.44. The van der Waals surface area contributed by atoms with Crippen molar-refractivity contribution in [3.05, 3.63) is 35.5 Å². The molecule has 1 amide bonds. The lowest BCUT2D eigenvalue weighted by Gasteiger charge is -2.00. The smallest absolute Gasteiger partial charge is 0.264 e. The van der Waals surface area contributed by atoms with Gasteiger partial charge in [-0.1, -0.05) is 23.5 Å². The number of para-hydroxylation sites is 1. The van der Waals surface area contributed by atoms with Crippen LogP contribution in [-0.4, -0.2) is 27.8 Å². The molecule has 0 aliphatic rings. The van der Waals surface area contributed by atoms with Gasteiger partial charge in [0.15, 0.2) is 5.13 Å². The van der Waals surface area contributed by atoms with E-state index in [4.69, 9.17) is 4.74 Å². The highest BCUT2D eigenvalue weighted by Gasteiger charge is 2.18. The van der Waals surface area contributed by atoms with Crippen LogP contribution < -0.4 is 10.1 Å². The van der Waals surface area contributed by atoms with Gasteiger partial charge in [-0.25, -0.2) is 4.98 Å². The second-order valence-corrected chi connectivity index (χ2v) is 5.65. The van der Waals surface area contributed by atoms with E-state index in [2.05, 4.69) is 15.4 Å². The van der Waals surface area contributed by atoms with Crippen LogP contribution >= 0.6 is 11.3 Å². The molecule has 108 valence electrons. The van der Waals surface area contributed by atoms with E-state index < -0.39 is 0 Å². The fraction of sp³-hybridized carbons (Fsp3) is 0.214. The fourth-order valence-corrected chi connectivity index (χ4v) is 3.02. The summed E-state index contributed by atoms with van der Waals surface area (Å²) in [4.78, 5) is 16.7. The normalized spacial score (nSPS) is 10.8. The van der Waals surface area contributed by atoms with Gasteiger partial charge in [-0.05, 0) is 18.6 Å². The molecule has 7 heteroatoms. The Morgan fingerprint density at radius 2 is 2.24 bits per heavy atom. The first-order valence-corrected chi connectivity index (χ1v) is 7.15. The van der Waals surface area contributed by atoms with Crippen LogP contribution in [0.4, 0.5) is 5.13 Å². The van der Waals surface area contributed by atoms with Gasteiger partial charge >= 0.3 is 0 Å². The summed E-state index contributed by atoms with van der Waals surface area (Å²) in [5, 5.41) is 7.43. The quantitative estimate of drug-likeness (QED) is 0.807. The topological polar surface area (TPSA) is 69.0 Å². The number of thiazole rings is 1. The van der Waals surface area contributed by atoms with E-state index in [0.717, 1.165) is 15.8 Å². The van der Waals surface area contributed by atoms with E-state index in [1.165, 1.54) is 23.1 Å². The second kappa shape index (κ2) is 5.17. The van der Waals surface area contributed by atoms with Crippen LogP contribution in [-0.2, 0) is 7.05 Å². The SMILES string of the molecule is COc1nn(C)cc1C(=O)Nc1nc2c(C)cccc2s1. The van der Waals surface area contributed by atoms with E-state index >= 15 is 0 Å². The van der Waals surface area contributed by atoms with Crippen LogP contribution in [0, 0.1) is 6.92 Å². The maximum atomic E-state index is 12.3. The van der Waals surface area contributed by atoms with E-state index in [1.807, 2.05) is 25.1 Å². The molecule has 3 aromatic rings. The van der Waals surface area contributed by atoms with Crippen LogP contribution in [0.1, 0.15) is 15.9 Å². The number of carbonyl (C=O) groups is 1. The molecule has 2 aromatic heterocycles. The molecule has 0 fully saturated rings. The van der Waals surface area contributed by atoms with Crippen molar-refractivity contribution in [1.82, 2.24) is 14.8 Å². The number of anilines is 1. The number of benzene rings is 1. The van der Waals surface area contributed by atoms with Crippen molar-refractivity contribution >= 4 is 32.6 Å². The van der Waals surface area contributed by atoms with Gasteiger partial charge in [0.1, 0.15) is 5.56 Å². The first-order valence-electron chi connectivity index (χ1n) is 6.33. The third-order valence-electron chi connectivity index (χ3n) is 3.07. The van der Waals surface area contributed by atoms with Gasteiger partial charge in [0.2, 0.25) is 5.88 Å². The summed E-state index contributed by atoms with van der Waals surface area (Å²) < 4.78 is 7.68. The average Bonchev–Trinajstić information content (AvgIpc) is 3.02. The number of ether oxygens (including phenoxy) is 1. The highest BCUT2D eigenvalue weighted by molar-refractivity contribution is 7.22. The zero-order chi connectivity index (χ0) is 15.0. The number of hydrogen-bond donors (Lipinski definition) is 1. The summed E-state index contributed by atoms with van der Waals surface area (Å²) in [6.45, 7) is 2.00. The van der Waals surface area contributed by atoms with Gasteiger partial charge in [-0.3, -0.25) is 14.8 Å². The lowest BCUT2D eigenvalue weighted by molar-refractivity contribution is 0.102. The Kier molecular flexibility index (Phi) is 3.34. The largest absolute Gasteiger partial charge is 0.479 e. The van der Waals surface area contributed by atoms with Crippen LogP contribution in [0.15, 0.2) is 24.4 Å². The number of aromatic nitrogens is 3. The highest BCUT2D eigenvalue weighted by atomic mass is 32.1. The van der Waals surface area contributed by atoms with Crippen LogP contribution in [0.3, 0.4) is 0 Å². The van der Waals surface area contributed by atoms with Crippen LogP contribution in [0.25, 0.3) is 10.2 Å². The van der Waals surface area contributed by atoms with Gasteiger partial charge in [0, 0.05) is 13.2 Å². The molecule has 0 unspecified atom stereocenters. The first kappa shape index (κ1) is 13.6. The fourth-order valence-electron chi connectivity index (χ4n) is 2.08. The molecule has 1 N–H and O–H groups in total. The zero-order valence-corrected chi connectivity index (χ0v) is 12.7. The monoisotopic (exact) mass is 302 g/mol. The molecule has 1 aromatic carbocycles. The number of hydrogen-bond acceptors (Lipinski definition) is 5. The number of aryl methyl sites for hydroxylation is 2. The minimum Gasteiger partial charge on any atom is -0.479 e. The number of carbonyl (C=O) groups excluding carboxylic acids is 1. The molecule has 0 atom stereocenters. The van der Waals surface area contributed by atoms with E-state index in [1.54, 1.807) is 13.2 Å². The number of nitrogens with one attached hydrogen (secondary N) is 1. The van der Waals surface area contributed by atoms with Crippen molar-refractivity contribution in [3.8, 4) is 5.88 Å². The van der Waals surface area contributed by atoms with Crippen molar-refractivity contribution in [2.45, 2.75) is 6.92 Å². The maximum absolute atomic E-state index is 12.3. The lowest BCUT2D eigenvalue weighted by Crippen LogP contribution is -2.12. The number of methoxy groups -OCH3 is 1. The molecule has 0 aliphatic carbocycles. The van der Waals surface area contributed by atoms with Gasteiger partial charge in [0.05, 0.1) is 17.3 Å². The molecule has 0 spiro atoms. The number of rotatable bonds is 3. The maximum Gasteiger partial charge on any atom is 0.264 e. The number of fused-ring (bicyclic) bond motifs is 1. The van der Waals surface area contributed by atoms with Crippen LogP contribution in [0.5, 0.6) is 5.88 Å². The molecule has 2 heterocycles. The third-order valence-corrected chi connectivity index (χ3v) is 4.01. The number of amides is 1. The Hall–Kier alpha value is -2.41. The van der Waals surface area contributed by atoms with Gasteiger partial charge < -0.3 is 4.74 Å². The zero-order valence-electron chi connectivity index (χ0n) is 11.9. The minimum absolute atomic E-state index is 0.281. The summed E-state index contributed by atoms with van der Waals surface area (Å²) in [5.41, 5.74) is 2.38. The van der Waals surface area contributed by atoms with Crippen LogP contribution in [0.2, 0.25) is 0 Å². The standard InChI is InChI=1S/C14H14N4O2S/c1-8-5-4-6-10-11(8)15-14(21-10)16-12(19)9-7-18(2)17-13(9)20-3/h4-7H,1-3H3,(H,15,16,19). The van der Waals surface area contributed by atoms with E-state index in [-0.39, 0.29) is 5.91 Å². The molecule has 0 aliphatic heterocycles. The Bertz CT molecular complexity index is 822. The Morgan fingerprint density at radius 3 is 2.95 bits per heavy atom. The van der Waals surface area contributed by atoms with Crippen molar-refractivity contribution in [2.75, 3.05) is 12.4 Å². The number of nitrogens with zero attached hydrogens (tertiary/aromatic N) is 3. The van der Waals surface area contributed by atoms with E-state index in [9.17, 15) is 4.79 Å². The molecule has 3 rings (SSSR count). The van der Waals surface area contributed by atoms with Crippen molar-refractivity contribution in [1.29, 1.82) is 0 Å².